The first-order chi connectivity index (χ1) is 11.3. The van der Waals surface area contributed by atoms with E-state index in [0.29, 0.717) is 30.3 Å². The number of aromatic amines is 1. The number of aromatic nitrogens is 2. The minimum Gasteiger partial charge on any atom is -0.388 e. The molecule has 128 valence electrons. The molecule has 1 aliphatic heterocycles. The van der Waals surface area contributed by atoms with Crippen LogP contribution in [0.1, 0.15) is 24.5 Å². The first-order valence-electron chi connectivity index (χ1n) is 7.29. The van der Waals surface area contributed by atoms with Crippen LogP contribution in [-0.4, -0.2) is 34.0 Å². The third-order valence-electron chi connectivity index (χ3n) is 3.45. The molecular weight excluding hydrogens is 308 g/mol. The Morgan fingerprint density at radius 2 is 2.17 bits per heavy atom. The molecule has 0 saturated heterocycles. The smallest absolute Gasteiger partial charge is 0.220 e. The number of nitrogens with zero attached hydrogens (tertiary/aromatic N) is 3. The van der Waals surface area contributed by atoms with Gasteiger partial charge in [0.2, 0.25) is 5.96 Å². The van der Waals surface area contributed by atoms with Crippen LogP contribution in [-0.2, 0) is 0 Å². The zero-order chi connectivity index (χ0) is 17.7. The number of imidazole rings is 1. The highest BCUT2D eigenvalue weighted by Gasteiger charge is 2.24. The maximum Gasteiger partial charge on any atom is 0.220 e. The third kappa shape index (κ3) is 4.60. The fraction of sp³-hybridized carbons (Fsp3) is 0.286. The number of nitrogens with two attached hydrogens (primary N) is 4. The van der Waals surface area contributed by atoms with Crippen molar-refractivity contribution in [3.63, 3.8) is 0 Å². The van der Waals surface area contributed by atoms with E-state index in [0.717, 1.165) is 5.69 Å². The van der Waals surface area contributed by atoms with Crippen LogP contribution >= 0.6 is 0 Å². The summed E-state index contributed by atoms with van der Waals surface area (Å²) in [5.74, 6) is 0.745. The van der Waals surface area contributed by atoms with E-state index in [-0.39, 0.29) is 23.8 Å². The van der Waals surface area contributed by atoms with Crippen molar-refractivity contribution in [3.8, 4) is 0 Å². The Morgan fingerprint density at radius 3 is 2.67 bits per heavy atom. The van der Waals surface area contributed by atoms with Gasteiger partial charge in [0.15, 0.2) is 5.95 Å². The number of anilines is 1. The van der Waals surface area contributed by atoms with Crippen molar-refractivity contribution in [2.45, 2.75) is 24.8 Å². The van der Waals surface area contributed by atoms with Crippen LogP contribution in [0.15, 0.2) is 40.4 Å². The number of H-pyrrole nitrogens is 1. The average molecular weight is 330 g/mol. The predicted octanol–water partition coefficient (Wildman–Crippen LogP) is -0.537. The van der Waals surface area contributed by atoms with Gasteiger partial charge in [-0.3, -0.25) is 5.41 Å². The molecule has 2 rings (SSSR count). The molecule has 1 aliphatic rings. The molecular formula is C14H22N10. The van der Waals surface area contributed by atoms with Crippen LogP contribution in [0.25, 0.3) is 0 Å². The summed E-state index contributed by atoms with van der Waals surface area (Å²) in [7, 11) is 0. The number of hydrogen-bond donors (Lipinski definition) is 7. The van der Waals surface area contributed by atoms with Gasteiger partial charge in [0.25, 0.3) is 0 Å². The van der Waals surface area contributed by atoms with Crippen molar-refractivity contribution >= 4 is 24.0 Å². The molecule has 0 radical (unpaired) electrons. The Morgan fingerprint density at radius 1 is 1.42 bits per heavy atom. The van der Waals surface area contributed by atoms with E-state index in [2.05, 4.69) is 31.8 Å². The minimum absolute atomic E-state index is 0.0927. The van der Waals surface area contributed by atoms with Gasteiger partial charge in [-0.1, -0.05) is 6.58 Å². The number of aliphatic imine (C=N–C) groups is 2. The van der Waals surface area contributed by atoms with Gasteiger partial charge >= 0.3 is 0 Å². The van der Waals surface area contributed by atoms with Gasteiger partial charge < -0.3 is 33.2 Å². The zero-order valence-electron chi connectivity index (χ0n) is 13.2. The minimum atomic E-state index is -0.294. The molecule has 1 aromatic heterocycles. The molecule has 0 amide bonds. The quantitative estimate of drug-likeness (QED) is 0.247. The highest BCUT2D eigenvalue weighted by molar-refractivity contribution is 5.99. The lowest BCUT2D eigenvalue weighted by Gasteiger charge is -2.25. The van der Waals surface area contributed by atoms with E-state index in [1.54, 1.807) is 12.4 Å². The van der Waals surface area contributed by atoms with E-state index in [1.807, 2.05) is 6.08 Å². The summed E-state index contributed by atoms with van der Waals surface area (Å²) in [6.45, 7) is 3.69. The number of hydrogen-bond acceptors (Lipinski definition) is 8. The summed E-state index contributed by atoms with van der Waals surface area (Å²) in [6, 6.07) is -0.294. The van der Waals surface area contributed by atoms with Gasteiger partial charge in [0, 0.05) is 18.0 Å². The SMILES string of the molecule is C=C(N)NC(C=C1C=NC(N)=N1)C(CCC(=N)N)c1cnc(N)[nH]1. The summed E-state index contributed by atoms with van der Waals surface area (Å²) in [5.41, 5.74) is 23.9. The number of allylic oxidation sites excluding steroid dienone is 1. The van der Waals surface area contributed by atoms with Crippen molar-refractivity contribution in [1.82, 2.24) is 15.3 Å². The molecule has 10 nitrogen and oxygen atoms in total. The molecule has 0 fully saturated rings. The molecule has 0 aromatic carbocycles. The first-order valence-corrected chi connectivity index (χ1v) is 7.29. The highest BCUT2D eigenvalue weighted by Crippen LogP contribution is 2.26. The first kappa shape index (κ1) is 17.1. The molecule has 10 heteroatoms. The van der Waals surface area contributed by atoms with Gasteiger partial charge in [-0.2, -0.15) is 0 Å². The van der Waals surface area contributed by atoms with Gasteiger partial charge in [-0.15, -0.1) is 0 Å². The molecule has 0 aliphatic carbocycles. The van der Waals surface area contributed by atoms with E-state index in [1.165, 1.54) is 0 Å². The van der Waals surface area contributed by atoms with Crippen molar-refractivity contribution in [3.05, 3.63) is 36.1 Å². The third-order valence-corrected chi connectivity index (χ3v) is 3.45. The monoisotopic (exact) mass is 330 g/mol. The average Bonchev–Trinajstić information content (AvgIpc) is 3.07. The number of amidine groups is 1. The van der Waals surface area contributed by atoms with Crippen LogP contribution < -0.4 is 28.3 Å². The second-order valence-electron chi connectivity index (χ2n) is 5.41. The van der Waals surface area contributed by atoms with Crippen molar-refractivity contribution < 1.29 is 0 Å². The fourth-order valence-electron chi connectivity index (χ4n) is 2.44. The number of guanidine groups is 1. The van der Waals surface area contributed by atoms with Crippen molar-refractivity contribution in [2.24, 2.45) is 27.2 Å². The Kier molecular flexibility index (Phi) is 5.20. The fourth-order valence-corrected chi connectivity index (χ4v) is 2.44. The maximum absolute atomic E-state index is 7.48. The lowest BCUT2D eigenvalue weighted by Crippen LogP contribution is -2.36. The van der Waals surface area contributed by atoms with E-state index in [9.17, 15) is 0 Å². The standard InChI is InChI=1S/C14H22N10/c1-7(15)22-10(4-8-5-20-13(18)23-8)9(2-3-12(16)17)11-6-21-14(19)24-11/h4-6,9-10,22H,1-3,15H2,(H3,16,17)(H2,18,23)(H3,19,21,24). The van der Waals surface area contributed by atoms with Crippen molar-refractivity contribution in [1.29, 1.82) is 5.41 Å². The molecule has 2 atom stereocenters. The van der Waals surface area contributed by atoms with Crippen LogP contribution in [0.2, 0.25) is 0 Å². The van der Waals surface area contributed by atoms with Crippen LogP contribution in [0.5, 0.6) is 0 Å². The summed E-state index contributed by atoms with van der Waals surface area (Å²) in [4.78, 5) is 15.1. The molecule has 0 spiro atoms. The molecule has 24 heavy (non-hydrogen) atoms. The van der Waals surface area contributed by atoms with Gasteiger partial charge in [0.05, 0.1) is 35.8 Å². The zero-order valence-corrected chi connectivity index (χ0v) is 13.2. The largest absolute Gasteiger partial charge is 0.388 e. The predicted molar refractivity (Wildman–Crippen MR) is 95.3 cm³/mol. The lowest BCUT2D eigenvalue weighted by atomic mass is 9.90. The van der Waals surface area contributed by atoms with Gasteiger partial charge in [-0.05, 0) is 12.5 Å². The molecule has 0 bridgehead atoms. The van der Waals surface area contributed by atoms with Crippen LogP contribution in [0.4, 0.5) is 5.95 Å². The lowest BCUT2D eigenvalue weighted by molar-refractivity contribution is 0.503. The molecule has 2 unspecified atom stereocenters. The van der Waals surface area contributed by atoms with E-state index in [4.69, 9.17) is 28.3 Å². The van der Waals surface area contributed by atoms with Gasteiger partial charge in [0.1, 0.15) is 0 Å². The topological polar surface area (TPSA) is 193 Å². The molecule has 1 aromatic rings. The Hall–Kier alpha value is -3.30. The normalized spacial score (nSPS) is 17.5. The number of rotatable bonds is 8. The summed E-state index contributed by atoms with van der Waals surface area (Å²) in [6.07, 6.45) is 6.02. The van der Waals surface area contributed by atoms with Crippen molar-refractivity contribution in [2.75, 3.05) is 5.73 Å². The summed E-state index contributed by atoms with van der Waals surface area (Å²) in [5, 5.41) is 10.6. The molecule has 2 heterocycles. The van der Waals surface area contributed by atoms with Crippen LogP contribution in [0.3, 0.4) is 0 Å². The Bertz CT molecular complexity index is 711. The maximum atomic E-state index is 7.48. The Balaban J connectivity index is 2.34. The second-order valence-corrected chi connectivity index (χ2v) is 5.41. The van der Waals surface area contributed by atoms with E-state index < -0.39 is 0 Å². The second kappa shape index (κ2) is 7.31. The highest BCUT2D eigenvalue weighted by atomic mass is 15.1. The molecule has 11 N–H and O–H groups in total. The summed E-state index contributed by atoms with van der Waals surface area (Å²) < 4.78 is 0. The molecule has 0 saturated carbocycles. The van der Waals surface area contributed by atoms with E-state index >= 15 is 0 Å². The van der Waals surface area contributed by atoms with Crippen LogP contribution in [0, 0.1) is 5.41 Å². The summed E-state index contributed by atoms with van der Waals surface area (Å²) >= 11 is 0. The van der Waals surface area contributed by atoms with Gasteiger partial charge in [-0.25, -0.2) is 15.0 Å². The number of nitrogens with one attached hydrogen (secondary N) is 3. The Labute approximate surface area is 139 Å². The number of nitrogen functional groups attached to an aromatic ring is 1.